The first-order valence-corrected chi connectivity index (χ1v) is 7.82. The van der Waals surface area contributed by atoms with Crippen molar-refractivity contribution in [1.29, 1.82) is 0 Å². The first-order chi connectivity index (χ1) is 8.35. The summed E-state index contributed by atoms with van der Waals surface area (Å²) < 4.78 is 0. The second-order valence-corrected chi connectivity index (χ2v) is 5.90. The molecule has 0 aromatic rings. The summed E-state index contributed by atoms with van der Waals surface area (Å²) in [6.07, 6.45) is 9.94. The van der Waals surface area contributed by atoms with Crippen molar-refractivity contribution in [3.8, 4) is 0 Å². The first kappa shape index (κ1) is 13.4. The average molecular weight is 238 g/mol. The Kier molecular flexibility index (Phi) is 5.30. The fourth-order valence-corrected chi connectivity index (χ4v) is 3.84. The Balaban J connectivity index is 1.86. The maximum atomic E-state index is 3.70. The third kappa shape index (κ3) is 3.45. The monoisotopic (exact) mass is 238 g/mol. The van der Waals surface area contributed by atoms with E-state index in [1.54, 1.807) is 0 Å². The van der Waals surface area contributed by atoms with E-state index in [1.807, 2.05) is 0 Å². The van der Waals surface area contributed by atoms with Gasteiger partial charge in [0, 0.05) is 18.6 Å². The summed E-state index contributed by atoms with van der Waals surface area (Å²) in [5.41, 5.74) is 0. The van der Waals surface area contributed by atoms with Gasteiger partial charge in [-0.15, -0.1) is 0 Å². The van der Waals surface area contributed by atoms with Crippen molar-refractivity contribution in [2.45, 2.75) is 70.9 Å². The van der Waals surface area contributed by atoms with Gasteiger partial charge in [-0.1, -0.05) is 33.1 Å². The van der Waals surface area contributed by atoms with Crippen LogP contribution in [0.15, 0.2) is 0 Å². The Morgan fingerprint density at radius 1 is 1.06 bits per heavy atom. The van der Waals surface area contributed by atoms with Gasteiger partial charge in [-0.2, -0.15) is 0 Å². The lowest BCUT2D eigenvalue weighted by molar-refractivity contribution is 0.141. The fourth-order valence-electron chi connectivity index (χ4n) is 3.84. The zero-order valence-electron chi connectivity index (χ0n) is 11.8. The van der Waals surface area contributed by atoms with Crippen molar-refractivity contribution in [3.63, 3.8) is 0 Å². The predicted octanol–water partition coefficient (Wildman–Crippen LogP) is 3.03. The summed E-state index contributed by atoms with van der Waals surface area (Å²) in [5.74, 6) is 0.971. The summed E-state index contributed by atoms with van der Waals surface area (Å²) in [6.45, 7) is 8.48. The molecule has 1 saturated carbocycles. The highest BCUT2D eigenvalue weighted by Crippen LogP contribution is 2.32. The van der Waals surface area contributed by atoms with Crippen molar-refractivity contribution in [1.82, 2.24) is 10.2 Å². The Hall–Kier alpha value is -0.0800. The van der Waals surface area contributed by atoms with Gasteiger partial charge >= 0.3 is 0 Å². The Bertz CT molecular complexity index is 211. The number of piperidine rings is 1. The van der Waals surface area contributed by atoms with Crippen LogP contribution in [0, 0.1) is 5.92 Å². The molecule has 2 aliphatic rings. The number of likely N-dealkylation sites (N-methyl/N-ethyl adjacent to an activating group) is 1. The standard InChI is InChI=1S/C15H30N2/c1-3-13-8-7-10-15(13)17(4-2)12-14-9-5-6-11-16-14/h13-16H,3-12H2,1-2H3. The fraction of sp³-hybridized carbons (Fsp3) is 1.00. The summed E-state index contributed by atoms with van der Waals surface area (Å²) in [7, 11) is 0. The molecular formula is C15H30N2. The zero-order valence-corrected chi connectivity index (χ0v) is 11.8. The minimum absolute atomic E-state index is 0.766. The molecule has 100 valence electrons. The normalized spacial score (nSPS) is 34.4. The maximum absolute atomic E-state index is 3.70. The van der Waals surface area contributed by atoms with E-state index in [0.29, 0.717) is 0 Å². The van der Waals surface area contributed by atoms with Gasteiger partial charge in [0.05, 0.1) is 0 Å². The lowest BCUT2D eigenvalue weighted by Gasteiger charge is -2.36. The molecule has 0 aromatic heterocycles. The molecule has 1 aliphatic carbocycles. The van der Waals surface area contributed by atoms with E-state index < -0.39 is 0 Å². The third-order valence-corrected chi connectivity index (χ3v) is 4.89. The van der Waals surface area contributed by atoms with Crippen molar-refractivity contribution < 1.29 is 0 Å². The Morgan fingerprint density at radius 2 is 1.94 bits per heavy atom. The summed E-state index contributed by atoms with van der Waals surface area (Å²) >= 11 is 0. The van der Waals surface area contributed by atoms with Crippen LogP contribution in [0.3, 0.4) is 0 Å². The average Bonchev–Trinajstić information content (AvgIpc) is 2.85. The first-order valence-electron chi connectivity index (χ1n) is 7.82. The molecule has 2 fully saturated rings. The van der Waals surface area contributed by atoms with E-state index in [-0.39, 0.29) is 0 Å². The molecule has 0 aromatic carbocycles. The summed E-state index contributed by atoms with van der Waals surface area (Å²) in [5, 5.41) is 3.70. The number of nitrogens with one attached hydrogen (secondary N) is 1. The quantitative estimate of drug-likeness (QED) is 0.792. The number of nitrogens with zero attached hydrogens (tertiary/aromatic N) is 1. The van der Waals surface area contributed by atoms with Gasteiger partial charge in [0.2, 0.25) is 0 Å². The zero-order chi connectivity index (χ0) is 12.1. The van der Waals surface area contributed by atoms with Crippen molar-refractivity contribution >= 4 is 0 Å². The lowest BCUT2D eigenvalue weighted by Crippen LogP contribution is -2.48. The third-order valence-electron chi connectivity index (χ3n) is 4.89. The molecule has 0 amide bonds. The second-order valence-electron chi connectivity index (χ2n) is 5.90. The van der Waals surface area contributed by atoms with E-state index in [2.05, 4.69) is 24.1 Å². The molecule has 2 nitrogen and oxygen atoms in total. The molecule has 3 unspecified atom stereocenters. The van der Waals surface area contributed by atoms with Crippen molar-refractivity contribution in [3.05, 3.63) is 0 Å². The van der Waals surface area contributed by atoms with E-state index in [0.717, 1.165) is 18.0 Å². The highest BCUT2D eigenvalue weighted by molar-refractivity contribution is 4.87. The van der Waals surface area contributed by atoms with Crippen LogP contribution in [-0.2, 0) is 0 Å². The van der Waals surface area contributed by atoms with Crippen LogP contribution < -0.4 is 5.32 Å². The molecule has 2 heteroatoms. The second kappa shape index (κ2) is 6.75. The SMILES string of the molecule is CCC1CCCC1N(CC)CC1CCCCN1. The van der Waals surface area contributed by atoms with E-state index in [1.165, 1.54) is 64.6 Å². The number of rotatable bonds is 5. The molecular weight excluding hydrogens is 208 g/mol. The van der Waals surface area contributed by atoms with Gasteiger partial charge in [0.25, 0.3) is 0 Å². The van der Waals surface area contributed by atoms with Crippen LogP contribution in [0.5, 0.6) is 0 Å². The van der Waals surface area contributed by atoms with Crippen LogP contribution in [0.4, 0.5) is 0 Å². The van der Waals surface area contributed by atoms with E-state index in [4.69, 9.17) is 0 Å². The van der Waals surface area contributed by atoms with E-state index in [9.17, 15) is 0 Å². The lowest BCUT2D eigenvalue weighted by atomic mass is 9.97. The highest BCUT2D eigenvalue weighted by atomic mass is 15.2. The van der Waals surface area contributed by atoms with Crippen LogP contribution in [0.2, 0.25) is 0 Å². The molecule has 0 spiro atoms. The molecule has 1 N–H and O–H groups in total. The van der Waals surface area contributed by atoms with Gasteiger partial charge in [0.1, 0.15) is 0 Å². The summed E-state index contributed by atoms with van der Waals surface area (Å²) in [6, 6.07) is 1.65. The minimum atomic E-state index is 0.766. The van der Waals surface area contributed by atoms with Gasteiger partial charge in [0.15, 0.2) is 0 Å². The van der Waals surface area contributed by atoms with Crippen LogP contribution >= 0.6 is 0 Å². The smallest absolute Gasteiger partial charge is 0.0195 e. The van der Waals surface area contributed by atoms with Crippen molar-refractivity contribution in [2.24, 2.45) is 5.92 Å². The molecule has 0 radical (unpaired) electrons. The number of hydrogen-bond donors (Lipinski definition) is 1. The molecule has 3 atom stereocenters. The van der Waals surface area contributed by atoms with Crippen LogP contribution in [0.1, 0.15) is 58.8 Å². The Morgan fingerprint density at radius 3 is 2.59 bits per heavy atom. The van der Waals surface area contributed by atoms with Gasteiger partial charge in [-0.05, 0) is 44.7 Å². The van der Waals surface area contributed by atoms with Crippen molar-refractivity contribution in [2.75, 3.05) is 19.6 Å². The molecule has 17 heavy (non-hydrogen) atoms. The highest BCUT2D eigenvalue weighted by Gasteiger charge is 2.31. The molecule has 1 heterocycles. The molecule has 1 aliphatic heterocycles. The van der Waals surface area contributed by atoms with Crippen LogP contribution in [0.25, 0.3) is 0 Å². The molecule has 1 saturated heterocycles. The largest absolute Gasteiger partial charge is 0.313 e. The number of hydrogen-bond acceptors (Lipinski definition) is 2. The van der Waals surface area contributed by atoms with E-state index >= 15 is 0 Å². The molecule has 0 bridgehead atoms. The van der Waals surface area contributed by atoms with Gasteiger partial charge in [-0.3, -0.25) is 4.90 Å². The predicted molar refractivity (Wildman–Crippen MR) is 74.3 cm³/mol. The minimum Gasteiger partial charge on any atom is -0.313 e. The van der Waals surface area contributed by atoms with Gasteiger partial charge in [-0.25, -0.2) is 0 Å². The van der Waals surface area contributed by atoms with Gasteiger partial charge < -0.3 is 5.32 Å². The maximum Gasteiger partial charge on any atom is 0.0195 e. The van der Waals surface area contributed by atoms with Crippen LogP contribution in [-0.4, -0.2) is 36.6 Å². The Labute approximate surface area is 107 Å². The topological polar surface area (TPSA) is 15.3 Å². The summed E-state index contributed by atoms with van der Waals surface area (Å²) in [4.78, 5) is 2.77. The molecule has 2 rings (SSSR count).